The monoisotopic (exact) mass is 365 g/mol. The molecule has 0 aliphatic heterocycles. The molecule has 1 rings (SSSR count). The number of nitrogens with two attached hydrogens (primary N) is 1. The van der Waals surface area contributed by atoms with E-state index in [4.69, 9.17) is 10.5 Å². The van der Waals surface area contributed by atoms with Crippen molar-refractivity contribution in [2.75, 3.05) is 20.3 Å². The van der Waals surface area contributed by atoms with Gasteiger partial charge in [0, 0.05) is 25.2 Å². The average Bonchev–Trinajstić information content (AvgIpc) is 2.45. The van der Waals surface area contributed by atoms with Gasteiger partial charge >= 0.3 is 0 Å². The summed E-state index contributed by atoms with van der Waals surface area (Å²) in [6.07, 6.45) is 0. The third-order valence-corrected chi connectivity index (χ3v) is 3.29. The summed E-state index contributed by atoms with van der Waals surface area (Å²) in [5, 5.41) is 6.37. The maximum absolute atomic E-state index is 11.8. The van der Waals surface area contributed by atoms with Crippen molar-refractivity contribution in [3.05, 3.63) is 35.9 Å². The molecule has 0 aromatic heterocycles. The second-order valence-electron chi connectivity index (χ2n) is 5.94. The van der Waals surface area contributed by atoms with Gasteiger partial charge in [-0.2, -0.15) is 0 Å². The molecule has 0 radical (unpaired) electrons. The van der Waals surface area contributed by atoms with Crippen LogP contribution in [-0.2, 0) is 9.53 Å². The highest BCUT2D eigenvalue weighted by Crippen LogP contribution is 2.15. The van der Waals surface area contributed by atoms with Crippen LogP contribution in [0.15, 0.2) is 30.3 Å². The fourth-order valence-electron chi connectivity index (χ4n) is 2.16. The Labute approximate surface area is 151 Å². The van der Waals surface area contributed by atoms with E-state index in [0.29, 0.717) is 6.54 Å². The van der Waals surface area contributed by atoms with Gasteiger partial charge in [-0.05, 0) is 26.3 Å². The number of hydrogen-bond donors (Lipinski definition) is 3. The maximum Gasteiger partial charge on any atom is 0.239 e. The lowest BCUT2D eigenvalue weighted by atomic mass is 10.0. The molecule has 0 spiro atoms. The summed E-state index contributed by atoms with van der Waals surface area (Å²) in [5.74, 6) is -0.195. The van der Waals surface area contributed by atoms with Crippen LogP contribution in [0.2, 0.25) is 0 Å². The third-order valence-electron chi connectivity index (χ3n) is 3.29. The zero-order valence-electron chi connectivity index (χ0n) is 14.2. The lowest BCUT2D eigenvalue weighted by Crippen LogP contribution is -2.53. The second-order valence-corrected chi connectivity index (χ2v) is 5.94. The van der Waals surface area contributed by atoms with Crippen LogP contribution in [0.25, 0.3) is 0 Å². The first kappa shape index (κ1) is 24.4. The van der Waals surface area contributed by atoms with E-state index in [1.807, 2.05) is 18.2 Å². The molecule has 2 unspecified atom stereocenters. The van der Waals surface area contributed by atoms with Crippen LogP contribution >= 0.6 is 24.8 Å². The number of carbonyl (C=O) groups is 1. The van der Waals surface area contributed by atoms with E-state index in [9.17, 15) is 4.79 Å². The molecule has 1 aromatic rings. The summed E-state index contributed by atoms with van der Waals surface area (Å²) >= 11 is 0. The molecule has 0 saturated heterocycles. The SMILES string of the molecule is COCC(N)C(=O)NCC(C)(C)NC(C)c1ccccc1.Cl.Cl. The van der Waals surface area contributed by atoms with Gasteiger partial charge in [-0.15, -0.1) is 24.8 Å². The number of amides is 1. The Hall–Kier alpha value is -0.850. The first-order valence-electron chi connectivity index (χ1n) is 7.20. The minimum Gasteiger partial charge on any atom is -0.383 e. The third kappa shape index (κ3) is 9.13. The van der Waals surface area contributed by atoms with Crippen molar-refractivity contribution in [3.8, 4) is 0 Å². The van der Waals surface area contributed by atoms with Crippen LogP contribution < -0.4 is 16.4 Å². The molecule has 134 valence electrons. The topological polar surface area (TPSA) is 76.4 Å². The molecule has 0 saturated carbocycles. The van der Waals surface area contributed by atoms with Crippen molar-refractivity contribution >= 4 is 30.7 Å². The fourth-order valence-corrected chi connectivity index (χ4v) is 2.16. The molecule has 0 fully saturated rings. The van der Waals surface area contributed by atoms with Crippen molar-refractivity contribution in [1.29, 1.82) is 0 Å². The van der Waals surface area contributed by atoms with E-state index in [0.717, 1.165) is 0 Å². The van der Waals surface area contributed by atoms with Gasteiger partial charge in [0.05, 0.1) is 6.61 Å². The first-order chi connectivity index (χ1) is 9.85. The van der Waals surface area contributed by atoms with E-state index in [1.54, 1.807) is 0 Å². The Kier molecular flexibility index (Phi) is 12.4. The molecule has 4 N–H and O–H groups in total. The molecule has 1 amide bonds. The van der Waals surface area contributed by atoms with Crippen LogP contribution in [0.4, 0.5) is 0 Å². The fraction of sp³-hybridized carbons (Fsp3) is 0.562. The molecule has 5 nitrogen and oxygen atoms in total. The zero-order valence-corrected chi connectivity index (χ0v) is 15.8. The smallest absolute Gasteiger partial charge is 0.239 e. The predicted molar refractivity (Wildman–Crippen MR) is 99.4 cm³/mol. The highest BCUT2D eigenvalue weighted by atomic mass is 35.5. The van der Waals surface area contributed by atoms with Gasteiger partial charge in [0.2, 0.25) is 5.91 Å². The van der Waals surface area contributed by atoms with Gasteiger partial charge in [0.15, 0.2) is 0 Å². The number of methoxy groups -OCH3 is 1. The van der Waals surface area contributed by atoms with Crippen LogP contribution in [0, 0.1) is 0 Å². The Morgan fingerprint density at radius 2 is 1.83 bits per heavy atom. The van der Waals surface area contributed by atoms with Crippen molar-refractivity contribution in [2.45, 2.75) is 38.4 Å². The number of hydrogen-bond acceptors (Lipinski definition) is 4. The van der Waals surface area contributed by atoms with E-state index < -0.39 is 6.04 Å². The van der Waals surface area contributed by atoms with Crippen molar-refractivity contribution in [2.24, 2.45) is 5.73 Å². The molecular formula is C16H29Cl2N3O2. The van der Waals surface area contributed by atoms with Gasteiger partial charge in [0.1, 0.15) is 6.04 Å². The minimum atomic E-state index is -0.627. The van der Waals surface area contributed by atoms with Crippen LogP contribution in [0.3, 0.4) is 0 Å². The maximum atomic E-state index is 11.8. The lowest BCUT2D eigenvalue weighted by Gasteiger charge is -2.31. The molecule has 1 aromatic carbocycles. The molecule has 23 heavy (non-hydrogen) atoms. The number of ether oxygens (including phenoxy) is 1. The molecule has 7 heteroatoms. The normalized spacial score (nSPS) is 13.3. The number of carbonyl (C=O) groups excluding carboxylic acids is 1. The Bertz CT molecular complexity index is 444. The van der Waals surface area contributed by atoms with Gasteiger partial charge < -0.3 is 21.1 Å². The number of benzene rings is 1. The van der Waals surface area contributed by atoms with E-state index in [-0.39, 0.29) is 48.9 Å². The lowest BCUT2D eigenvalue weighted by molar-refractivity contribution is -0.123. The second kappa shape index (κ2) is 11.6. The minimum absolute atomic E-state index is 0. The molecule has 0 aliphatic carbocycles. The van der Waals surface area contributed by atoms with Crippen molar-refractivity contribution < 1.29 is 9.53 Å². The van der Waals surface area contributed by atoms with E-state index in [1.165, 1.54) is 12.7 Å². The number of nitrogens with one attached hydrogen (secondary N) is 2. The highest BCUT2D eigenvalue weighted by molar-refractivity contribution is 5.85. The Morgan fingerprint density at radius 1 is 1.26 bits per heavy atom. The first-order valence-corrected chi connectivity index (χ1v) is 7.20. The average molecular weight is 366 g/mol. The molecular weight excluding hydrogens is 337 g/mol. The van der Waals surface area contributed by atoms with Crippen molar-refractivity contribution in [3.63, 3.8) is 0 Å². The van der Waals surface area contributed by atoms with E-state index in [2.05, 4.69) is 43.5 Å². The molecule has 0 aliphatic rings. The summed E-state index contributed by atoms with van der Waals surface area (Å²) in [7, 11) is 1.53. The standard InChI is InChI=1S/C16H27N3O2.2ClH/c1-12(13-8-6-5-7-9-13)19-16(2,3)11-18-15(20)14(17)10-21-4;;/h5-9,12,14,19H,10-11,17H2,1-4H3,(H,18,20);2*1H. The number of halogens is 2. The van der Waals surface area contributed by atoms with Gasteiger partial charge in [-0.25, -0.2) is 0 Å². The summed E-state index contributed by atoms with van der Waals surface area (Å²) in [4.78, 5) is 11.8. The Morgan fingerprint density at radius 3 is 2.35 bits per heavy atom. The zero-order chi connectivity index (χ0) is 15.9. The van der Waals surface area contributed by atoms with Gasteiger partial charge in [-0.1, -0.05) is 30.3 Å². The number of rotatable bonds is 8. The van der Waals surface area contributed by atoms with Crippen LogP contribution in [0.1, 0.15) is 32.4 Å². The van der Waals surface area contributed by atoms with Crippen molar-refractivity contribution in [1.82, 2.24) is 10.6 Å². The quantitative estimate of drug-likeness (QED) is 0.658. The molecule has 0 bridgehead atoms. The largest absolute Gasteiger partial charge is 0.383 e. The van der Waals surface area contributed by atoms with E-state index >= 15 is 0 Å². The summed E-state index contributed by atoms with van der Waals surface area (Å²) < 4.78 is 4.88. The molecule has 0 heterocycles. The molecule has 2 atom stereocenters. The summed E-state index contributed by atoms with van der Waals surface area (Å²) in [5.41, 5.74) is 6.67. The Balaban J connectivity index is 0. The van der Waals surface area contributed by atoms with Gasteiger partial charge in [-0.3, -0.25) is 4.79 Å². The summed E-state index contributed by atoms with van der Waals surface area (Å²) in [6, 6.07) is 9.78. The highest BCUT2D eigenvalue weighted by Gasteiger charge is 2.23. The van der Waals surface area contributed by atoms with Crippen LogP contribution in [-0.4, -0.2) is 37.7 Å². The summed E-state index contributed by atoms with van der Waals surface area (Å²) in [6.45, 7) is 6.93. The van der Waals surface area contributed by atoms with Gasteiger partial charge in [0.25, 0.3) is 0 Å². The van der Waals surface area contributed by atoms with Crippen LogP contribution in [0.5, 0.6) is 0 Å². The predicted octanol–water partition coefficient (Wildman–Crippen LogP) is 2.05.